The van der Waals surface area contributed by atoms with Crippen LogP contribution in [0.3, 0.4) is 0 Å². The Morgan fingerprint density at radius 1 is 1.05 bits per heavy atom. The molecule has 2 aromatic carbocycles. The van der Waals surface area contributed by atoms with Crippen LogP contribution in [-0.4, -0.2) is 4.57 Å². The van der Waals surface area contributed by atoms with Crippen molar-refractivity contribution in [3.8, 4) is 6.07 Å². The second-order valence-electron chi connectivity index (χ2n) is 4.67. The van der Waals surface area contributed by atoms with Gasteiger partial charge in [0, 0.05) is 23.6 Å². The number of aromatic nitrogens is 1. The van der Waals surface area contributed by atoms with Crippen molar-refractivity contribution in [3.63, 3.8) is 0 Å². The van der Waals surface area contributed by atoms with E-state index in [4.69, 9.17) is 5.26 Å². The summed E-state index contributed by atoms with van der Waals surface area (Å²) in [6.45, 7) is 0.824. The van der Waals surface area contributed by atoms with Gasteiger partial charge >= 0.3 is 0 Å². The molecule has 20 heavy (non-hydrogen) atoms. The van der Waals surface area contributed by atoms with Crippen LogP contribution in [0.5, 0.6) is 0 Å². The lowest BCUT2D eigenvalue weighted by Gasteiger charge is -2.01. The van der Waals surface area contributed by atoms with Crippen molar-refractivity contribution in [2.24, 2.45) is 0 Å². The van der Waals surface area contributed by atoms with Gasteiger partial charge in [-0.1, -0.05) is 42.5 Å². The molecule has 0 atom stereocenters. The summed E-state index contributed by atoms with van der Waals surface area (Å²) < 4.78 is 2.18. The smallest absolute Gasteiger partial charge is 0.0991 e. The fourth-order valence-corrected chi connectivity index (χ4v) is 2.30. The second-order valence-corrected chi connectivity index (χ2v) is 4.67. The standard InChI is InChI=1S/C18H14N2/c19-14-16-8-9-18-17(13-16)10-12-20(18)11-4-7-15-5-2-1-3-6-15/h1-10,12-13H,11H2/b7-4+. The zero-order chi connectivity index (χ0) is 13.8. The molecule has 0 fully saturated rings. The lowest BCUT2D eigenvalue weighted by molar-refractivity contribution is 0.866. The second kappa shape index (κ2) is 5.46. The van der Waals surface area contributed by atoms with Crippen LogP contribution in [0.25, 0.3) is 17.0 Å². The van der Waals surface area contributed by atoms with E-state index in [0.29, 0.717) is 5.56 Å². The highest BCUT2D eigenvalue weighted by Crippen LogP contribution is 2.17. The Balaban J connectivity index is 1.82. The third-order valence-electron chi connectivity index (χ3n) is 3.31. The number of benzene rings is 2. The average molecular weight is 258 g/mol. The maximum absolute atomic E-state index is 8.90. The molecule has 2 heteroatoms. The maximum atomic E-state index is 8.90. The summed E-state index contributed by atoms with van der Waals surface area (Å²) in [6, 6.07) is 20.3. The van der Waals surface area contributed by atoms with Gasteiger partial charge in [-0.2, -0.15) is 5.26 Å². The van der Waals surface area contributed by atoms with E-state index in [1.807, 2.05) is 42.5 Å². The van der Waals surface area contributed by atoms with E-state index < -0.39 is 0 Å². The summed E-state index contributed by atoms with van der Waals surface area (Å²) in [6.07, 6.45) is 6.32. The van der Waals surface area contributed by atoms with Gasteiger partial charge in [-0.3, -0.25) is 0 Å². The summed E-state index contributed by atoms with van der Waals surface area (Å²) in [5.74, 6) is 0. The quantitative estimate of drug-likeness (QED) is 0.691. The zero-order valence-corrected chi connectivity index (χ0v) is 11.0. The van der Waals surface area contributed by atoms with Crippen LogP contribution in [-0.2, 0) is 6.54 Å². The van der Waals surface area contributed by atoms with Gasteiger partial charge in [0.1, 0.15) is 0 Å². The predicted octanol–water partition coefficient (Wildman–Crippen LogP) is 4.23. The molecule has 0 aliphatic rings. The highest BCUT2D eigenvalue weighted by molar-refractivity contribution is 5.81. The van der Waals surface area contributed by atoms with Crippen molar-refractivity contribution in [3.05, 3.63) is 78.0 Å². The molecule has 96 valence electrons. The molecule has 1 aromatic heterocycles. The Labute approximate surface area is 118 Å². The van der Waals surface area contributed by atoms with Crippen molar-refractivity contribution >= 4 is 17.0 Å². The molecule has 0 saturated heterocycles. The van der Waals surface area contributed by atoms with Crippen molar-refractivity contribution in [1.82, 2.24) is 4.57 Å². The molecule has 0 radical (unpaired) electrons. The van der Waals surface area contributed by atoms with Crippen molar-refractivity contribution in [2.75, 3.05) is 0 Å². The number of rotatable bonds is 3. The number of hydrogen-bond donors (Lipinski definition) is 0. The van der Waals surface area contributed by atoms with Gasteiger partial charge in [0.25, 0.3) is 0 Å². The summed E-state index contributed by atoms with van der Waals surface area (Å²) in [4.78, 5) is 0. The molecule has 2 nitrogen and oxygen atoms in total. The van der Waals surface area contributed by atoms with E-state index in [0.717, 1.165) is 17.4 Å². The summed E-state index contributed by atoms with van der Waals surface area (Å²) in [5.41, 5.74) is 3.06. The predicted molar refractivity (Wildman–Crippen MR) is 82.1 cm³/mol. The summed E-state index contributed by atoms with van der Waals surface area (Å²) in [5, 5.41) is 10.0. The monoisotopic (exact) mass is 258 g/mol. The van der Waals surface area contributed by atoms with Crippen LogP contribution < -0.4 is 0 Å². The first-order valence-electron chi connectivity index (χ1n) is 6.57. The number of hydrogen-bond acceptors (Lipinski definition) is 1. The first kappa shape index (κ1) is 12.3. The highest BCUT2D eigenvalue weighted by Gasteiger charge is 2.00. The topological polar surface area (TPSA) is 28.7 Å². The largest absolute Gasteiger partial charge is 0.344 e. The Morgan fingerprint density at radius 2 is 1.90 bits per heavy atom. The molecule has 0 unspecified atom stereocenters. The zero-order valence-electron chi connectivity index (χ0n) is 11.0. The normalized spacial score (nSPS) is 10.9. The number of fused-ring (bicyclic) bond motifs is 1. The van der Waals surface area contributed by atoms with Crippen LogP contribution in [0.1, 0.15) is 11.1 Å². The maximum Gasteiger partial charge on any atom is 0.0991 e. The molecule has 1 heterocycles. The average Bonchev–Trinajstić information content (AvgIpc) is 2.91. The van der Waals surface area contributed by atoms with Crippen LogP contribution >= 0.6 is 0 Å². The van der Waals surface area contributed by atoms with Crippen molar-refractivity contribution in [2.45, 2.75) is 6.54 Å². The molecule has 0 bridgehead atoms. The van der Waals surface area contributed by atoms with Gasteiger partial charge in [0.2, 0.25) is 0 Å². The van der Waals surface area contributed by atoms with E-state index in [2.05, 4.69) is 41.1 Å². The first-order valence-corrected chi connectivity index (χ1v) is 6.57. The Bertz CT molecular complexity index is 789. The molecule has 0 N–H and O–H groups in total. The van der Waals surface area contributed by atoms with Gasteiger partial charge in [0.15, 0.2) is 0 Å². The van der Waals surface area contributed by atoms with Gasteiger partial charge in [0.05, 0.1) is 11.6 Å². The fraction of sp³-hybridized carbons (Fsp3) is 0.0556. The van der Waals surface area contributed by atoms with Crippen LogP contribution in [0.2, 0.25) is 0 Å². The van der Waals surface area contributed by atoms with Gasteiger partial charge < -0.3 is 4.57 Å². The van der Waals surface area contributed by atoms with Gasteiger partial charge in [-0.05, 0) is 29.8 Å². The third kappa shape index (κ3) is 2.48. The van der Waals surface area contributed by atoms with E-state index in [-0.39, 0.29) is 0 Å². The Morgan fingerprint density at radius 3 is 2.70 bits per heavy atom. The molecular weight excluding hydrogens is 244 g/mol. The van der Waals surface area contributed by atoms with E-state index >= 15 is 0 Å². The summed E-state index contributed by atoms with van der Waals surface area (Å²) in [7, 11) is 0. The number of nitrogens with zero attached hydrogens (tertiary/aromatic N) is 2. The molecular formula is C18H14N2. The SMILES string of the molecule is N#Cc1ccc2c(ccn2C/C=C/c2ccccc2)c1. The van der Waals surface area contributed by atoms with Crippen molar-refractivity contribution < 1.29 is 0 Å². The lowest BCUT2D eigenvalue weighted by Crippen LogP contribution is -1.92. The summed E-state index contributed by atoms with van der Waals surface area (Å²) >= 11 is 0. The molecule has 0 saturated carbocycles. The van der Waals surface area contributed by atoms with E-state index in [1.165, 1.54) is 5.56 Å². The minimum absolute atomic E-state index is 0.704. The number of nitriles is 1. The Hall–Kier alpha value is -2.79. The van der Waals surface area contributed by atoms with Gasteiger partial charge in [-0.15, -0.1) is 0 Å². The Kier molecular flexibility index (Phi) is 3.34. The minimum atomic E-state index is 0.704. The van der Waals surface area contributed by atoms with E-state index in [9.17, 15) is 0 Å². The highest BCUT2D eigenvalue weighted by atomic mass is 14.9. The third-order valence-corrected chi connectivity index (χ3v) is 3.31. The minimum Gasteiger partial charge on any atom is -0.344 e. The van der Waals surface area contributed by atoms with Crippen molar-refractivity contribution in [1.29, 1.82) is 5.26 Å². The molecule has 3 aromatic rings. The molecule has 0 aliphatic carbocycles. The van der Waals surface area contributed by atoms with Crippen LogP contribution in [0, 0.1) is 11.3 Å². The number of allylic oxidation sites excluding steroid dienone is 1. The van der Waals surface area contributed by atoms with Crippen LogP contribution in [0.15, 0.2) is 66.9 Å². The molecule has 3 rings (SSSR count). The fourth-order valence-electron chi connectivity index (χ4n) is 2.30. The van der Waals surface area contributed by atoms with Crippen LogP contribution in [0.4, 0.5) is 0 Å². The lowest BCUT2D eigenvalue weighted by atomic mass is 10.2. The molecule has 0 amide bonds. The molecule has 0 aliphatic heterocycles. The van der Waals surface area contributed by atoms with E-state index in [1.54, 1.807) is 0 Å². The van der Waals surface area contributed by atoms with Gasteiger partial charge in [-0.25, -0.2) is 0 Å². The first-order chi connectivity index (χ1) is 9.86. The molecule has 0 spiro atoms.